The highest BCUT2D eigenvalue weighted by Gasteiger charge is 2.19. The van der Waals surface area contributed by atoms with E-state index in [1.807, 2.05) is 24.3 Å². The van der Waals surface area contributed by atoms with E-state index in [0.717, 1.165) is 43.6 Å². The highest BCUT2D eigenvalue weighted by molar-refractivity contribution is 5.91. The number of carbonyl (C=O) groups excluding carboxylic acids is 2. The molecular weight excluding hydrogens is 436 g/mol. The monoisotopic (exact) mass is 466 g/mol. The van der Waals surface area contributed by atoms with Crippen molar-refractivity contribution in [3.8, 4) is 5.75 Å². The molecule has 0 spiro atoms. The molecule has 1 fully saturated rings. The molecule has 0 saturated heterocycles. The topological polar surface area (TPSA) is 135 Å². The zero-order valence-electron chi connectivity index (χ0n) is 19.2. The molecule has 2 amide bonds. The van der Waals surface area contributed by atoms with Crippen LogP contribution in [0.1, 0.15) is 54.7 Å². The SMILES string of the molecule is CNC(=O)c1cn(CCCCC2=CC=C(NC(=O)Cc3cc(OC4CCC4)ccn3)NN2)nn1. The van der Waals surface area contributed by atoms with Crippen molar-refractivity contribution in [1.29, 1.82) is 0 Å². The molecule has 2 aromatic heterocycles. The zero-order chi connectivity index (χ0) is 23.8. The molecule has 4 N–H and O–H groups in total. The number of pyridine rings is 1. The maximum absolute atomic E-state index is 12.4. The molecule has 34 heavy (non-hydrogen) atoms. The fraction of sp³-hybridized carbons (Fsp3) is 0.435. The van der Waals surface area contributed by atoms with Gasteiger partial charge in [-0.3, -0.25) is 24.7 Å². The van der Waals surface area contributed by atoms with Gasteiger partial charge in [-0.25, -0.2) is 0 Å². The van der Waals surface area contributed by atoms with Gasteiger partial charge in [0.05, 0.1) is 24.4 Å². The summed E-state index contributed by atoms with van der Waals surface area (Å²) in [5, 5.41) is 13.2. The number of aromatic nitrogens is 4. The van der Waals surface area contributed by atoms with Crippen molar-refractivity contribution < 1.29 is 14.3 Å². The van der Waals surface area contributed by atoms with Crippen molar-refractivity contribution in [2.45, 2.75) is 57.6 Å². The molecule has 1 aliphatic carbocycles. The molecule has 0 aromatic carbocycles. The molecule has 2 aliphatic rings. The number of carbonyl (C=O) groups is 2. The van der Waals surface area contributed by atoms with Gasteiger partial charge >= 0.3 is 0 Å². The average Bonchev–Trinajstić information content (AvgIpc) is 3.29. The van der Waals surface area contributed by atoms with Crippen molar-refractivity contribution in [2.75, 3.05) is 7.05 Å². The number of allylic oxidation sites excluding steroid dienone is 3. The Bertz CT molecular complexity index is 1070. The first-order chi connectivity index (χ1) is 16.6. The molecule has 4 rings (SSSR count). The summed E-state index contributed by atoms with van der Waals surface area (Å²) >= 11 is 0. The second kappa shape index (κ2) is 11.3. The van der Waals surface area contributed by atoms with Gasteiger partial charge in [-0.05, 0) is 56.7 Å². The van der Waals surface area contributed by atoms with Crippen LogP contribution in [-0.4, -0.2) is 44.9 Å². The van der Waals surface area contributed by atoms with Gasteiger partial charge in [0.1, 0.15) is 11.6 Å². The molecule has 1 saturated carbocycles. The number of nitrogens with zero attached hydrogens (tertiary/aromatic N) is 4. The summed E-state index contributed by atoms with van der Waals surface area (Å²) in [5.74, 6) is 0.948. The van der Waals surface area contributed by atoms with Crippen LogP contribution >= 0.6 is 0 Å². The maximum atomic E-state index is 12.4. The van der Waals surface area contributed by atoms with Crippen LogP contribution in [0, 0.1) is 0 Å². The lowest BCUT2D eigenvalue weighted by atomic mass is 9.96. The normalized spacial score (nSPS) is 15.2. The second-order valence-corrected chi connectivity index (χ2v) is 8.30. The summed E-state index contributed by atoms with van der Waals surface area (Å²) in [5.41, 5.74) is 8.13. The van der Waals surface area contributed by atoms with Gasteiger partial charge in [-0.1, -0.05) is 5.21 Å². The zero-order valence-corrected chi connectivity index (χ0v) is 19.2. The predicted octanol–water partition coefficient (Wildman–Crippen LogP) is 1.33. The van der Waals surface area contributed by atoms with Crippen LogP contribution in [0.25, 0.3) is 0 Å². The summed E-state index contributed by atoms with van der Waals surface area (Å²) in [6, 6.07) is 3.66. The van der Waals surface area contributed by atoms with Crippen LogP contribution in [0.2, 0.25) is 0 Å². The number of hydrogen-bond acceptors (Lipinski definition) is 8. The van der Waals surface area contributed by atoms with Gasteiger partial charge in [0.25, 0.3) is 5.91 Å². The number of hydrogen-bond donors (Lipinski definition) is 4. The van der Waals surface area contributed by atoms with Gasteiger partial charge in [0.15, 0.2) is 5.69 Å². The number of aryl methyl sites for hydroxylation is 1. The van der Waals surface area contributed by atoms with Crippen molar-refractivity contribution in [2.24, 2.45) is 0 Å². The molecule has 180 valence electrons. The molecule has 3 heterocycles. The molecule has 11 nitrogen and oxygen atoms in total. The summed E-state index contributed by atoms with van der Waals surface area (Å²) in [6.45, 7) is 0.683. The Hall–Kier alpha value is -3.89. The third kappa shape index (κ3) is 6.56. The van der Waals surface area contributed by atoms with Crippen LogP contribution in [0.4, 0.5) is 0 Å². The van der Waals surface area contributed by atoms with E-state index in [4.69, 9.17) is 4.74 Å². The summed E-state index contributed by atoms with van der Waals surface area (Å²) in [4.78, 5) is 28.2. The van der Waals surface area contributed by atoms with Crippen molar-refractivity contribution in [3.63, 3.8) is 0 Å². The summed E-state index contributed by atoms with van der Waals surface area (Å²) < 4.78 is 7.55. The Morgan fingerprint density at radius 1 is 1.24 bits per heavy atom. The number of amides is 2. The largest absolute Gasteiger partial charge is 0.490 e. The average molecular weight is 467 g/mol. The van der Waals surface area contributed by atoms with Gasteiger partial charge in [0.2, 0.25) is 5.91 Å². The molecule has 11 heteroatoms. The molecule has 0 radical (unpaired) electrons. The number of ether oxygens (including phenoxy) is 1. The molecule has 2 aromatic rings. The smallest absolute Gasteiger partial charge is 0.273 e. The van der Waals surface area contributed by atoms with E-state index in [9.17, 15) is 9.59 Å². The Labute approximate surface area is 198 Å². The molecular formula is C23H30N8O3. The van der Waals surface area contributed by atoms with Crippen molar-refractivity contribution in [1.82, 2.24) is 41.5 Å². The highest BCUT2D eigenvalue weighted by atomic mass is 16.5. The number of rotatable bonds is 11. The molecule has 1 aliphatic heterocycles. The quantitative estimate of drug-likeness (QED) is 0.364. The van der Waals surface area contributed by atoms with Crippen LogP contribution in [0.5, 0.6) is 5.75 Å². The van der Waals surface area contributed by atoms with Gasteiger partial charge < -0.3 is 20.8 Å². The lowest BCUT2D eigenvalue weighted by Gasteiger charge is -2.26. The van der Waals surface area contributed by atoms with E-state index in [0.29, 0.717) is 23.8 Å². The van der Waals surface area contributed by atoms with Crippen LogP contribution < -0.4 is 26.2 Å². The summed E-state index contributed by atoms with van der Waals surface area (Å²) in [6.07, 6.45) is 13.6. The van der Waals surface area contributed by atoms with Gasteiger partial charge in [-0.15, -0.1) is 5.10 Å². The third-order valence-electron chi connectivity index (χ3n) is 5.65. The fourth-order valence-electron chi connectivity index (χ4n) is 3.53. The fourth-order valence-corrected chi connectivity index (χ4v) is 3.53. The third-order valence-corrected chi connectivity index (χ3v) is 5.65. The first-order valence-electron chi connectivity index (χ1n) is 11.6. The van der Waals surface area contributed by atoms with E-state index in [-0.39, 0.29) is 24.3 Å². The van der Waals surface area contributed by atoms with E-state index in [1.165, 1.54) is 6.42 Å². The Morgan fingerprint density at radius 3 is 2.85 bits per heavy atom. The lowest BCUT2D eigenvalue weighted by molar-refractivity contribution is -0.119. The minimum atomic E-state index is -0.244. The maximum Gasteiger partial charge on any atom is 0.273 e. The van der Waals surface area contributed by atoms with Crippen molar-refractivity contribution >= 4 is 11.8 Å². The van der Waals surface area contributed by atoms with Crippen LogP contribution in [-0.2, 0) is 17.8 Å². The highest BCUT2D eigenvalue weighted by Crippen LogP contribution is 2.25. The van der Waals surface area contributed by atoms with Gasteiger partial charge in [-0.2, -0.15) is 0 Å². The number of nitrogens with one attached hydrogen (secondary N) is 4. The second-order valence-electron chi connectivity index (χ2n) is 8.30. The van der Waals surface area contributed by atoms with E-state index in [2.05, 4.69) is 36.8 Å². The predicted molar refractivity (Wildman–Crippen MR) is 124 cm³/mol. The first kappa shape index (κ1) is 23.3. The van der Waals surface area contributed by atoms with Gasteiger partial charge in [0, 0.05) is 31.6 Å². The van der Waals surface area contributed by atoms with Crippen molar-refractivity contribution in [3.05, 3.63) is 59.6 Å². The summed E-state index contributed by atoms with van der Waals surface area (Å²) in [7, 11) is 1.56. The Morgan fingerprint density at radius 2 is 2.12 bits per heavy atom. The Kier molecular flexibility index (Phi) is 7.74. The molecule has 0 bridgehead atoms. The first-order valence-corrected chi connectivity index (χ1v) is 11.6. The number of hydrazine groups is 1. The number of unbranched alkanes of at least 4 members (excludes halogenated alkanes) is 1. The standard InChI is InChI=1S/C23H30N8O3/c1-24-23(33)20-15-31(30-28-20)12-3-2-5-16-8-9-21(29-27-16)26-22(32)14-17-13-19(10-11-25-17)34-18-6-4-7-18/h8-11,13,15,18,27,29H,2-7,12,14H2,1H3,(H,24,33)(H,26,32). The molecule has 0 unspecified atom stereocenters. The minimum Gasteiger partial charge on any atom is -0.490 e. The van der Waals surface area contributed by atoms with E-state index < -0.39 is 0 Å². The Balaban J connectivity index is 1.17. The van der Waals surface area contributed by atoms with Crippen LogP contribution in [0.3, 0.4) is 0 Å². The minimum absolute atomic E-state index is 0.158. The van der Waals surface area contributed by atoms with E-state index >= 15 is 0 Å². The lowest BCUT2D eigenvalue weighted by Crippen LogP contribution is -2.41. The van der Waals surface area contributed by atoms with E-state index in [1.54, 1.807) is 24.1 Å². The van der Waals surface area contributed by atoms with Crippen LogP contribution in [0.15, 0.2) is 48.2 Å². The molecule has 0 atom stereocenters.